The number of aryl methyl sites for hydroxylation is 2. The minimum Gasteiger partial charge on any atom is -0.490 e. The van der Waals surface area contributed by atoms with E-state index in [-0.39, 0.29) is 18.4 Å². The predicted octanol–water partition coefficient (Wildman–Crippen LogP) is 3.80. The second-order valence-electron chi connectivity index (χ2n) is 6.32. The zero-order chi connectivity index (χ0) is 18.7. The average molecular weight is 356 g/mol. The number of carbonyl (C=O) groups is 1. The van der Waals surface area contributed by atoms with Crippen molar-refractivity contribution >= 4 is 17.0 Å². The van der Waals surface area contributed by atoms with Gasteiger partial charge in [0.25, 0.3) is 0 Å². The third-order valence-electron chi connectivity index (χ3n) is 4.22. The van der Waals surface area contributed by atoms with E-state index in [1.165, 1.54) is 30.2 Å². The molecule has 6 heteroatoms. The van der Waals surface area contributed by atoms with Crippen LogP contribution in [0, 0.1) is 19.7 Å². The van der Waals surface area contributed by atoms with Gasteiger partial charge in [0.2, 0.25) is 0 Å². The summed E-state index contributed by atoms with van der Waals surface area (Å²) in [6.45, 7) is 6.04. The van der Waals surface area contributed by atoms with Crippen LogP contribution >= 0.6 is 0 Å². The number of aromatic nitrogens is 2. The molecule has 3 aromatic rings. The summed E-state index contributed by atoms with van der Waals surface area (Å²) in [5.41, 5.74) is 4.23. The summed E-state index contributed by atoms with van der Waals surface area (Å²) in [7, 11) is 0. The number of hydrogen-bond donors (Lipinski definition) is 0. The van der Waals surface area contributed by atoms with Gasteiger partial charge in [0.1, 0.15) is 18.2 Å². The van der Waals surface area contributed by atoms with E-state index in [2.05, 4.69) is 11.1 Å². The third-order valence-corrected chi connectivity index (χ3v) is 4.22. The van der Waals surface area contributed by atoms with Gasteiger partial charge in [0, 0.05) is 6.92 Å². The Hall–Kier alpha value is -2.89. The predicted molar refractivity (Wildman–Crippen MR) is 96.7 cm³/mol. The van der Waals surface area contributed by atoms with Crippen LogP contribution in [0.2, 0.25) is 0 Å². The molecular formula is C20H21FN2O3. The van der Waals surface area contributed by atoms with E-state index < -0.39 is 6.10 Å². The van der Waals surface area contributed by atoms with Gasteiger partial charge < -0.3 is 14.0 Å². The number of ether oxygens (including phenoxy) is 2. The first-order valence-electron chi connectivity index (χ1n) is 8.40. The molecule has 0 saturated heterocycles. The Morgan fingerprint density at radius 3 is 2.58 bits per heavy atom. The van der Waals surface area contributed by atoms with Crippen LogP contribution in [0.4, 0.5) is 4.39 Å². The van der Waals surface area contributed by atoms with Crippen LogP contribution in [-0.4, -0.2) is 28.2 Å². The van der Waals surface area contributed by atoms with Crippen molar-refractivity contribution in [1.29, 1.82) is 0 Å². The maximum absolute atomic E-state index is 13.0. The normalized spacial score (nSPS) is 12.2. The number of rotatable bonds is 6. The van der Waals surface area contributed by atoms with Crippen LogP contribution in [0.15, 0.2) is 42.7 Å². The fraction of sp³-hybridized carbons (Fsp3) is 0.300. The van der Waals surface area contributed by atoms with Gasteiger partial charge in [0.15, 0.2) is 6.10 Å². The quantitative estimate of drug-likeness (QED) is 0.631. The number of fused-ring (bicyclic) bond motifs is 1. The molecule has 1 atom stereocenters. The lowest BCUT2D eigenvalue weighted by molar-refractivity contribution is -0.148. The standard InChI is InChI=1S/C20H21FN2O3/c1-13-8-19-20(9-14(13)2)23(12-22-19)10-18(26-15(3)24)11-25-17-6-4-16(21)5-7-17/h4-9,12,18H,10-11H2,1-3H3/t18-/m0/s1. The van der Waals surface area contributed by atoms with Gasteiger partial charge >= 0.3 is 5.97 Å². The Bertz CT molecular complexity index is 919. The van der Waals surface area contributed by atoms with Crippen molar-refractivity contribution in [2.75, 3.05) is 6.61 Å². The van der Waals surface area contributed by atoms with Crippen molar-refractivity contribution < 1.29 is 18.7 Å². The summed E-state index contributed by atoms with van der Waals surface area (Å²) in [4.78, 5) is 15.9. The lowest BCUT2D eigenvalue weighted by atomic mass is 10.1. The highest BCUT2D eigenvalue weighted by Crippen LogP contribution is 2.19. The third kappa shape index (κ3) is 4.20. The molecule has 1 aromatic heterocycles. The number of imidazole rings is 1. The maximum Gasteiger partial charge on any atom is 0.303 e. The summed E-state index contributed by atoms with van der Waals surface area (Å²) in [6.07, 6.45) is 1.24. The van der Waals surface area contributed by atoms with Crippen LogP contribution in [-0.2, 0) is 16.1 Å². The number of benzene rings is 2. The molecule has 1 heterocycles. The smallest absolute Gasteiger partial charge is 0.303 e. The molecule has 2 aromatic carbocycles. The van der Waals surface area contributed by atoms with Gasteiger partial charge in [-0.2, -0.15) is 0 Å². The van der Waals surface area contributed by atoms with E-state index in [0.29, 0.717) is 12.3 Å². The Morgan fingerprint density at radius 2 is 1.88 bits per heavy atom. The number of nitrogens with zero attached hydrogens (tertiary/aromatic N) is 2. The highest BCUT2D eigenvalue weighted by atomic mass is 19.1. The molecule has 3 rings (SSSR count). The molecule has 0 bridgehead atoms. The molecule has 0 saturated carbocycles. The van der Waals surface area contributed by atoms with Gasteiger partial charge in [-0.25, -0.2) is 9.37 Å². The molecule has 136 valence electrons. The second-order valence-corrected chi connectivity index (χ2v) is 6.32. The lowest BCUT2D eigenvalue weighted by Gasteiger charge is -2.19. The molecule has 0 N–H and O–H groups in total. The van der Waals surface area contributed by atoms with Crippen molar-refractivity contribution in [1.82, 2.24) is 9.55 Å². The molecule has 26 heavy (non-hydrogen) atoms. The molecule has 0 aliphatic carbocycles. The summed E-state index contributed by atoms with van der Waals surface area (Å²) < 4.78 is 26.0. The fourth-order valence-corrected chi connectivity index (χ4v) is 2.76. The van der Waals surface area contributed by atoms with Crippen LogP contribution in [0.5, 0.6) is 5.75 Å². The highest BCUT2D eigenvalue weighted by Gasteiger charge is 2.16. The van der Waals surface area contributed by atoms with Crippen molar-refractivity contribution in [2.24, 2.45) is 0 Å². The topological polar surface area (TPSA) is 53.4 Å². The zero-order valence-corrected chi connectivity index (χ0v) is 15.0. The summed E-state index contributed by atoms with van der Waals surface area (Å²) >= 11 is 0. The largest absolute Gasteiger partial charge is 0.490 e. The summed E-state index contributed by atoms with van der Waals surface area (Å²) in [6, 6.07) is 9.84. The molecule has 0 radical (unpaired) electrons. The first kappa shape index (κ1) is 17.9. The highest BCUT2D eigenvalue weighted by molar-refractivity contribution is 5.77. The molecule has 0 fully saturated rings. The van der Waals surface area contributed by atoms with Gasteiger partial charge in [-0.3, -0.25) is 4.79 Å². The van der Waals surface area contributed by atoms with E-state index in [0.717, 1.165) is 11.0 Å². The van der Waals surface area contributed by atoms with E-state index >= 15 is 0 Å². The molecular weight excluding hydrogens is 335 g/mol. The summed E-state index contributed by atoms with van der Waals surface area (Å²) in [5.74, 6) is -0.191. The Morgan fingerprint density at radius 1 is 1.19 bits per heavy atom. The minimum atomic E-state index is -0.489. The summed E-state index contributed by atoms with van der Waals surface area (Å²) in [5, 5.41) is 0. The number of halogens is 1. The van der Waals surface area contributed by atoms with E-state index in [1.807, 2.05) is 24.5 Å². The minimum absolute atomic E-state index is 0.162. The van der Waals surface area contributed by atoms with Crippen LogP contribution in [0.25, 0.3) is 11.0 Å². The monoisotopic (exact) mass is 356 g/mol. The van der Waals surface area contributed by atoms with E-state index in [9.17, 15) is 9.18 Å². The molecule has 0 amide bonds. The maximum atomic E-state index is 13.0. The molecule has 0 spiro atoms. The molecule has 0 aliphatic heterocycles. The van der Waals surface area contributed by atoms with Crippen molar-refractivity contribution in [3.05, 3.63) is 59.7 Å². The lowest BCUT2D eigenvalue weighted by Crippen LogP contribution is -2.28. The van der Waals surface area contributed by atoms with Crippen LogP contribution in [0.1, 0.15) is 18.1 Å². The van der Waals surface area contributed by atoms with Gasteiger partial charge in [-0.15, -0.1) is 0 Å². The van der Waals surface area contributed by atoms with Crippen LogP contribution in [0.3, 0.4) is 0 Å². The zero-order valence-electron chi connectivity index (χ0n) is 15.0. The SMILES string of the molecule is CC(=O)O[C@H](COc1ccc(F)cc1)Cn1cnc2cc(C)c(C)cc21. The van der Waals surface area contributed by atoms with Crippen molar-refractivity contribution in [2.45, 2.75) is 33.4 Å². The van der Waals surface area contributed by atoms with Gasteiger partial charge in [-0.1, -0.05) is 0 Å². The molecule has 0 aliphatic rings. The van der Waals surface area contributed by atoms with Gasteiger partial charge in [0.05, 0.1) is 23.9 Å². The second kappa shape index (κ2) is 7.56. The number of hydrogen-bond acceptors (Lipinski definition) is 4. The van der Waals surface area contributed by atoms with E-state index in [4.69, 9.17) is 9.47 Å². The molecule has 5 nitrogen and oxygen atoms in total. The van der Waals surface area contributed by atoms with Crippen LogP contribution < -0.4 is 4.74 Å². The van der Waals surface area contributed by atoms with Crippen molar-refractivity contribution in [3.63, 3.8) is 0 Å². The first-order valence-corrected chi connectivity index (χ1v) is 8.40. The Labute approximate surface area is 151 Å². The van der Waals surface area contributed by atoms with E-state index in [1.54, 1.807) is 18.5 Å². The first-order chi connectivity index (χ1) is 12.4. The number of carbonyl (C=O) groups excluding carboxylic acids is 1. The molecule has 0 unspecified atom stereocenters. The fourth-order valence-electron chi connectivity index (χ4n) is 2.76. The van der Waals surface area contributed by atoms with Crippen molar-refractivity contribution in [3.8, 4) is 5.75 Å². The Balaban J connectivity index is 1.76. The number of esters is 1. The van der Waals surface area contributed by atoms with Gasteiger partial charge in [-0.05, 0) is 61.4 Å². The Kier molecular flexibility index (Phi) is 5.21. The average Bonchev–Trinajstić information content (AvgIpc) is 2.96.